The predicted molar refractivity (Wildman–Crippen MR) is 91.4 cm³/mol. The molecular weight excluding hydrogens is 292 g/mol. The number of benzene rings is 2. The monoisotopic (exact) mass is 310 g/mol. The number of aldehydes is 1. The normalized spacial score (nSPS) is 12.0. The SMILES string of the molecule is N[C@H](C=O)Cc1c[nH]c2c(O)c(NNc3ccccc3)ccc12. The fourth-order valence-corrected chi connectivity index (χ4v) is 2.47. The van der Waals surface area contributed by atoms with Crippen LogP contribution in [0.15, 0.2) is 48.7 Å². The van der Waals surface area contributed by atoms with Gasteiger partial charge in [0.25, 0.3) is 0 Å². The number of hydrazine groups is 1. The first kappa shape index (κ1) is 14.9. The Bertz CT molecular complexity index is 814. The Morgan fingerprint density at radius 2 is 1.96 bits per heavy atom. The first-order valence-electron chi connectivity index (χ1n) is 7.29. The lowest BCUT2D eigenvalue weighted by Gasteiger charge is -2.12. The van der Waals surface area contributed by atoms with Crippen molar-refractivity contribution in [1.82, 2.24) is 4.98 Å². The van der Waals surface area contributed by atoms with E-state index in [-0.39, 0.29) is 5.75 Å². The third-order valence-corrected chi connectivity index (χ3v) is 3.66. The minimum atomic E-state index is -0.548. The van der Waals surface area contributed by atoms with Crippen LogP contribution < -0.4 is 16.6 Å². The summed E-state index contributed by atoms with van der Waals surface area (Å²) in [6.45, 7) is 0. The van der Waals surface area contributed by atoms with Crippen molar-refractivity contribution in [3.05, 3.63) is 54.2 Å². The number of aromatic hydroxyl groups is 1. The number of para-hydroxylation sites is 1. The van der Waals surface area contributed by atoms with Gasteiger partial charge in [0, 0.05) is 11.6 Å². The molecule has 3 aromatic rings. The van der Waals surface area contributed by atoms with Crippen LogP contribution in [0.3, 0.4) is 0 Å². The summed E-state index contributed by atoms with van der Waals surface area (Å²) in [5.74, 6) is 0.108. The van der Waals surface area contributed by atoms with Gasteiger partial charge < -0.3 is 26.0 Å². The maximum absolute atomic E-state index is 10.7. The van der Waals surface area contributed by atoms with Crippen LogP contribution in [0.25, 0.3) is 10.9 Å². The van der Waals surface area contributed by atoms with Gasteiger partial charge in [-0.3, -0.25) is 5.43 Å². The maximum atomic E-state index is 10.7. The smallest absolute Gasteiger partial charge is 0.164 e. The zero-order valence-corrected chi connectivity index (χ0v) is 12.4. The number of aromatic amines is 1. The third-order valence-electron chi connectivity index (χ3n) is 3.66. The second-order valence-electron chi connectivity index (χ2n) is 5.32. The fourth-order valence-electron chi connectivity index (χ4n) is 2.47. The highest BCUT2D eigenvalue weighted by atomic mass is 16.3. The van der Waals surface area contributed by atoms with Gasteiger partial charge in [-0.05, 0) is 30.2 Å². The number of fused-ring (bicyclic) bond motifs is 1. The Morgan fingerprint density at radius 1 is 1.17 bits per heavy atom. The molecule has 0 radical (unpaired) electrons. The zero-order chi connectivity index (χ0) is 16.2. The molecule has 1 heterocycles. The van der Waals surface area contributed by atoms with E-state index in [9.17, 15) is 9.90 Å². The van der Waals surface area contributed by atoms with Gasteiger partial charge in [0.1, 0.15) is 6.29 Å². The van der Waals surface area contributed by atoms with E-state index in [0.717, 1.165) is 22.9 Å². The molecule has 0 spiro atoms. The molecule has 1 aromatic heterocycles. The quantitative estimate of drug-likeness (QED) is 0.273. The summed E-state index contributed by atoms with van der Waals surface area (Å²) in [4.78, 5) is 13.7. The molecule has 2 aromatic carbocycles. The van der Waals surface area contributed by atoms with E-state index in [4.69, 9.17) is 5.73 Å². The number of rotatable bonds is 6. The summed E-state index contributed by atoms with van der Waals surface area (Å²) in [6, 6.07) is 12.7. The minimum Gasteiger partial charge on any atom is -0.504 e. The highest BCUT2D eigenvalue weighted by Gasteiger charge is 2.13. The number of aromatic nitrogens is 1. The highest BCUT2D eigenvalue weighted by molar-refractivity contribution is 5.93. The Morgan fingerprint density at radius 3 is 2.70 bits per heavy atom. The Labute approximate surface area is 133 Å². The summed E-state index contributed by atoms with van der Waals surface area (Å²) < 4.78 is 0. The number of phenolic OH excluding ortho intramolecular Hbond substituents is 1. The first-order valence-corrected chi connectivity index (χ1v) is 7.29. The van der Waals surface area contributed by atoms with Crippen molar-refractivity contribution >= 4 is 28.6 Å². The summed E-state index contributed by atoms with van der Waals surface area (Å²) >= 11 is 0. The second kappa shape index (κ2) is 6.41. The van der Waals surface area contributed by atoms with E-state index in [1.165, 1.54) is 0 Å². The first-order chi connectivity index (χ1) is 11.2. The van der Waals surface area contributed by atoms with Crippen molar-refractivity contribution in [2.45, 2.75) is 12.5 Å². The summed E-state index contributed by atoms with van der Waals surface area (Å²) in [5.41, 5.74) is 14.6. The van der Waals surface area contributed by atoms with Crippen molar-refractivity contribution in [1.29, 1.82) is 0 Å². The molecule has 6 nitrogen and oxygen atoms in total. The lowest BCUT2D eigenvalue weighted by atomic mass is 10.1. The average molecular weight is 310 g/mol. The topological polar surface area (TPSA) is 103 Å². The van der Waals surface area contributed by atoms with Gasteiger partial charge in [0.2, 0.25) is 0 Å². The van der Waals surface area contributed by atoms with Gasteiger partial charge in [-0.1, -0.05) is 24.3 Å². The molecule has 0 unspecified atom stereocenters. The molecule has 23 heavy (non-hydrogen) atoms. The van der Waals surface area contributed by atoms with Gasteiger partial charge in [0.05, 0.1) is 22.9 Å². The fraction of sp³-hybridized carbons (Fsp3) is 0.118. The van der Waals surface area contributed by atoms with Crippen molar-refractivity contribution < 1.29 is 9.90 Å². The molecule has 0 saturated carbocycles. The van der Waals surface area contributed by atoms with Crippen LogP contribution in [0.2, 0.25) is 0 Å². The minimum absolute atomic E-state index is 0.108. The number of carbonyl (C=O) groups excluding carboxylic acids is 1. The van der Waals surface area contributed by atoms with Gasteiger partial charge in [0.15, 0.2) is 5.75 Å². The highest BCUT2D eigenvalue weighted by Crippen LogP contribution is 2.33. The van der Waals surface area contributed by atoms with Crippen LogP contribution in [0.4, 0.5) is 11.4 Å². The number of hydrogen-bond acceptors (Lipinski definition) is 5. The third kappa shape index (κ3) is 3.12. The summed E-state index contributed by atoms with van der Waals surface area (Å²) in [7, 11) is 0. The second-order valence-corrected chi connectivity index (χ2v) is 5.32. The number of carbonyl (C=O) groups is 1. The molecular formula is C17H18N4O2. The summed E-state index contributed by atoms with van der Waals surface area (Å²) in [6.07, 6.45) is 2.92. The lowest BCUT2D eigenvalue weighted by molar-refractivity contribution is -0.108. The molecule has 0 bridgehead atoms. The van der Waals surface area contributed by atoms with Crippen molar-refractivity contribution in [3.63, 3.8) is 0 Å². The number of hydrogen-bond donors (Lipinski definition) is 5. The van der Waals surface area contributed by atoms with E-state index >= 15 is 0 Å². The van der Waals surface area contributed by atoms with E-state index in [1.54, 1.807) is 12.3 Å². The number of nitrogens with one attached hydrogen (secondary N) is 3. The Balaban J connectivity index is 1.83. The molecule has 6 N–H and O–H groups in total. The van der Waals surface area contributed by atoms with Crippen LogP contribution in [-0.4, -0.2) is 22.4 Å². The van der Waals surface area contributed by atoms with Crippen molar-refractivity contribution in [2.24, 2.45) is 5.73 Å². The molecule has 6 heteroatoms. The Hall–Kier alpha value is -2.99. The molecule has 0 aliphatic heterocycles. The summed E-state index contributed by atoms with van der Waals surface area (Å²) in [5, 5.41) is 11.2. The van der Waals surface area contributed by atoms with Gasteiger partial charge >= 0.3 is 0 Å². The van der Waals surface area contributed by atoms with Crippen LogP contribution in [-0.2, 0) is 11.2 Å². The van der Waals surface area contributed by atoms with Crippen molar-refractivity contribution in [2.75, 3.05) is 10.9 Å². The van der Waals surface area contributed by atoms with E-state index < -0.39 is 6.04 Å². The maximum Gasteiger partial charge on any atom is 0.164 e. The van der Waals surface area contributed by atoms with Crippen molar-refractivity contribution in [3.8, 4) is 5.75 Å². The van der Waals surface area contributed by atoms with Gasteiger partial charge in [-0.15, -0.1) is 0 Å². The molecule has 0 fully saturated rings. The number of H-pyrrole nitrogens is 1. The number of anilines is 2. The number of nitrogens with two attached hydrogens (primary N) is 1. The lowest BCUT2D eigenvalue weighted by Crippen LogP contribution is -2.23. The molecule has 0 amide bonds. The van der Waals surface area contributed by atoms with E-state index in [0.29, 0.717) is 17.6 Å². The molecule has 118 valence electrons. The van der Waals surface area contributed by atoms with E-state index in [1.807, 2.05) is 36.4 Å². The van der Waals surface area contributed by atoms with Crippen LogP contribution in [0.1, 0.15) is 5.56 Å². The standard InChI is InChI=1S/C17H18N4O2/c18-12(10-22)8-11-9-19-16-14(11)6-7-15(17(16)23)21-20-13-4-2-1-3-5-13/h1-7,9-10,12,19-21,23H,8,18H2/t12-/m0/s1. The molecule has 3 rings (SSSR count). The van der Waals surface area contributed by atoms with Gasteiger partial charge in [-0.25, -0.2) is 0 Å². The Kier molecular flexibility index (Phi) is 4.16. The zero-order valence-electron chi connectivity index (χ0n) is 12.4. The van der Waals surface area contributed by atoms with E-state index in [2.05, 4.69) is 15.8 Å². The van der Waals surface area contributed by atoms with Crippen LogP contribution in [0.5, 0.6) is 5.75 Å². The largest absolute Gasteiger partial charge is 0.504 e. The molecule has 0 saturated heterocycles. The average Bonchev–Trinajstić information content (AvgIpc) is 2.99. The van der Waals surface area contributed by atoms with Crippen LogP contribution >= 0.6 is 0 Å². The van der Waals surface area contributed by atoms with Gasteiger partial charge in [-0.2, -0.15) is 0 Å². The van der Waals surface area contributed by atoms with Crippen LogP contribution in [0, 0.1) is 0 Å². The predicted octanol–water partition coefficient (Wildman–Crippen LogP) is 2.38. The molecule has 1 atom stereocenters. The number of phenols is 1. The molecule has 0 aliphatic rings. The molecule has 0 aliphatic carbocycles.